The number of hydrogen-bond acceptors (Lipinski definition) is 3. The summed E-state index contributed by atoms with van der Waals surface area (Å²) in [5, 5.41) is 17.4. The number of carbonyl (C=O) groups is 1. The molecule has 80 valence electrons. The first-order chi connectivity index (χ1) is 6.61. The second-order valence-electron chi connectivity index (χ2n) is 3.90. The van der Waals surface area contributed by atoms with Crippen molar-refractivity contribution in [2.45, 2.75) is 13.3 Å². The molecule has 2 N–H and O–H groups in total. The van der Waals surface area contributed by atoms with E-state index in [0.717, 1.165) is 25.1 Å². The maximum atomic E-state index is 10.4. The van der Waals surface area contributed by atoms with Gasteiger partial charge in [0.25, 0.3) is 0 Å². The Morgan fingerprint density at radius 1 is 1.64 bits per heavy atom. The number of carboxylic acids is 1. The minimum absolute atomic E-state index is 0.234. The van der Waals surface area contributed by atoms with Crippen LogP contribution in [0.3, 0.4) is 0 Å². The number of aliphatic hydroxyl groups is 1. The van der Waals surface area contributed by atoms with Crippen LogP contribution in [0.1, 0.15) is 13.3 Å². The molecule has 0 spiro atoms. The van der Waals surface area contributed by atoms with Crippen molar-refractivity contribution >= 4 is 5.97 Å². The molecule has 4 heteroatoms. The number of aliphatic hydroxyl groups excluding tert-OH is 1. The highest BCUT2D eigenvalue weighted by molar-refractivity contribution is 5.80. The molecule has 1 heterocycles. The lowest BCUT2D eigenvalue weighted by Gasteiger charge is -2.15. The molecular weight excluding hydrogens is 182 g/mol. The Kier molecular flexibility index (Phi) is 4.10. The van der Waals surface area contributed by atoms with E-state index in [1.807, 2.05) is 6.92 Å². The molecule has 0 aromatic heterocycles. The SMILES string of the molecule is CC(=CC(=O)O)CN1CCC(CO)C1. The van der Waals surface area contributed by atoms with E-state index in [0.29, 0.717) is 12.5 Å². The summed E-state index contributed by atoms with van der Waals surface area (Å²) in [6.45, 7) is 4.58. The molecule has 1 rings (SSSR count). The van der Waals surface area contributed by atoms with Crippen LogP contribution in [-0.4, -0.2) is 47.3 Å². The molecule has 0 radical (unpaired) electrons. The van der Waals surface area contributed by atoms with E-state index in [9.17, 15) is 4.79 Å². The van der Waals surface area contributed by atoms with Crippen LogP contribution < -0.4 is 0 Å². The molecule has 0 aliphatic carbocycles. The zero-order valence-electron chi connectivity index (χ0n) is 8.44. The van der Waals surface area contributed by atoms with E-state index in [-0.39, 0.29) is 6.61 Å². The second kappa shape index (κ2) is 5.12. The average molecular weight is 199 g/mol. The average Bonchev–Trinajstić information content (AvgIpc) is 2.50. The summed E-state index contributed by atoms with van der Waals surface area (Å²) >= 11 is 0. The Labute approximate surface area is 83.8 Å². The Bertz CT molecular complexity index is 238. The molecule has 0 amide bonds. The van der Waals surface area contributed by atoms with Gasteiger partial charge in [0, 0.05) is 25.8 Å². The molecule has 14 heavy (non-hydrogen) atoms. The van der Waals surface area contributed by atoms with E-state index in [4.69, 9.17) is 10.2 Å². The van der Waals surface area contributed by atoms with Crippen molar-refractivity contribution in [1.29, 1.82) is 0 Å². The molecule has 1 aliphatic heterocycles. The third-order valence-electron chi connectivity index (χ3n) is 2.47. The highest BCUT2D eigenvalue weighted by Crippen LogP contribution is 2.16. The molecule has 0 aromatic carbocycles. The van der Waals surface area contributed by atoms with Gasteiger partial charge >= 0.3 is 5.97 Å². The molecule has 4 nitrogen and oxygen atoms in total. The van der Waals surface area contributed by atoms with Crippen molar-refractivity contribution < 1.29 is 15.0 Å². The Hall–Kier alpha value is -0.870. The predicted molar refractivity (Wildman–Crippen MR) is 53.0 cm³/mol. The molecule has 1 atom stereocenters. The summed E-state index contributed by atoms with van der Waals surface area (Å²) in [6, 6.07) is 0. The van der Waals surface area contributed by atoms with E-state index in [1.54, 1.807) is 0 Å². The first-order valence-corrected chi connectivity index (χ1v) is 4.85. The summed E-state index contributed by atoms with van der Waals surface area (Å²) in [5.74, 6) is -0.520. The normalized spacial score (nSPS) is 24.1. The number of likely N-dealkylation sites (tertiary alicyclic amines) is 1. The van der Waals surface area contributed by atoms with E-state index in [1.165, 1.54) is 6.08 Å². The van der Waals surface area contributed by atoms with Crippen molar-refractivity contribution in [2.24, 2.45) is 5.92 Å². The molecule has 1 aliphatic rings. The van der Waals surface area contributed by atoms with Gasteiger partial charge in [0.2, 0.25) is 0 Å². The molecule has 1 unspecified atom stereocenters. The highest BCUT2D eigenvalue weighted by Gasteiger charge is 2.21. The first-order valence-electron chi connectivity index (χ1n) is 4.85. The second-order valence-corrected chi connectivity index (χ2v) is 3.90. The summed E-state index contributed by atoms with van der Waals surface area (Å²) in [5.41, 5.74) is 0.857. The van der Waals surface area contributed by atoms with Gasteiger partial charge in [-0.05, 0) is 25.8 Å². The van der Waals surface area contributed by atoms with Crippen molar-refractivity contribution in [1.82, 2.24) is 4.90 Å². The summed E-state index contributed by atoms with van der Waals surface area (Å²) in [4.78, 5) is 12.5. The standard InChI is InChI=1S/C10H17NO3/c1-8(4-10(13)14)5-11-3-2-9(6-11)7-12/h4,9,12H,2-3,5-7H2,1H3,(H,13,14). The van der Waals surface area contributed by atoms with Crippen LogP contribution in [0, 0.1) is 5.92 Å². The van der Waals surface area contributed by atoms with E-state index >= 15 is 0 Å². The van der Waals surface area contributed by atoms with Gasteiger partial charge in [0.05, 0.1) is 0 Å². The van der Waals surface area contributed by atoms with Crippen molar-refractivity contribution in [3.05, 3.63) is 11.6 Å². The highest BCUT2D eigenvalue weighted by atomic mass is 16.4. The van der Waals surface area contributed by atoms with Gasteiger partial charge in [-0.2, -0.15) is 0 Å². The number of nitrogens with zero attached hydrogens (tertiary/aromatic N) is 1. The van der Waals surface area contributed by atoms with E-state index < -0.39 is 5.97 Å². The van der Waals surface area contributed by atoms with E-state index in [2.05, 4.69) is 4.90 Å². The van der Waals surface area contributed by atoms with Crippen LogP contribution in [0.15, 0.2) is 11.6 Å². The number of rotatable bonds is 4. The third-order valence-corrected chi connectivity index (χ3v) is 2.47. The smallest absolute Gasteiger partial charge is 0.328 e. The Morgan fingerprint density at radius 2 is 2.36 bits per heavy atom. The zero-order chi connectivity index (χ0) is 10.6. The summed E-state index contributed by atoms with van der Waals surface area (Å²) < 4.78 is 0. The Morgan fingerprint density at radius 3 is 2.86 bits per heavy atom. The third kappa shape index (κ3) is 3.47. The van der Waals surface area contributed by atoms with Crippen molar-refractivity contribution in [2.75, 3.05) is 26.2 Å². The minimum Gasteiger partial charge on any atom is -0.478 e. The van der Waals surface area contributed by atoms with Crippen LogP contribution in [0.2, 0.25) is 0 Å². The lowest BCUT2D eigenvalue weighted by Crippen LogP contribution is -2.23. The lowest BCUT2D eigenvalue weighted by molar-refractivity contribution is -0.131. The number of carboxylic acid groups (broad SMARTS) is 1. The van der Waals surface area contributed by atoms with Crippen LogP contribution in [-0.2, 0) is 4.79 Å². The maximum Gasteiger partial charge on any atom is 0.328 e. The van der Waals surface area contributed by atoms with Gasteiger partial charge in [-0.3, -0.25) is 4.90 Å². The van der Waals surface area contributed by atoms with Crippen LogP contribution in [0.5, 0.6) is 0 Å². The van der Waals surface area contributed by atoms with Gasteiger partial charge in [-0.25, -0.2) is 4.79 Å². The summed E-state index contributed by atoms with van der Waals surface area (Å²) in [6.07, 6.45) is 2.25. The van der Waals surface area contributed by atoms with Gasteiger partial charge < -0.3 is 10.2 Å². The molecule has 0 bridgehead atoms. The number of hydrogen-bond donors (Lipinski definition) is 2. The monoisotopic (exact) mass is 199 g/mol. The Balaban J connectivity index is 2.35. The zero-order valence-corrected chi connectivity index (χ0v) is 8.44. The first kappa shape index (κ1) is 11.2. The topological polar surface area (TPSA) is 60.8 Å². The predicted octanol–water partition coefficient (Wildman–Crippen LogP) is 0.331. The number of aliphatic carboxylic acids is 1. The maximum absolute atomic E-state index is 10.4. The largest absolute Gasteiger partial charge is 0.478 e. The fourth-order valence-corrected chi connectivity index (χ4v) is 1.81. The van der Waals surface area contributed by atoms with Gasteiger partial charge in [-0.1, -0.05) is 5.57 Å². The molecule has 0 aromatic rings. The summed E-state index contributed by atoms with van der Waals surface area (Å²) in [7, 11) is 0. The minimum atomic E-state index is -0.889. The lowest BCUT2D eigenvalue weighted by atomic mass is 10.1. The fourth-order valence-electron chi connectivity index (χ4n) is 1.81. The van der Waals surface area contributed by atoms with Crippen molar-refractivity contribution in [3.63, 3.8) is 0 Å². The van der Waals surface area contributed by atoms with Gasteiger partial charge in [0.15, 0.2) is 0 Å². The fraction of sp³-hybridized carbons (Fsp3) is 0.700. The molecular formula is C10H17NO3. The van der Waals surface area contributed by atoms with Gasteiger partial charge in [-0.15, -0.1) is 0 Å². The van der Waals surface area contributed by atoms with Gasteiger partial charge in [0.1, 0.15) is 0 Å². The molecule has 1 fully saturated rings. The molecule has 1 saturated heterocycles. The van der Waals surface area contributed by atoms with Crippen molar-refractivity contribution in [3.8, 4) is 0 Å². The van der Waals surface area contributed by atoms with Crippen LogP contribution in [0.4, 0.5) is 0 Å². The quantitative estimate of drug-likeness (QED) is 0.641. The molecule has 0 saturated carbocycles. The van der Waals surface area contributed by atoms with Crippen LogP contribution >= 0.6 is 0 Å². The van der Waals surface area contributed by atoms with Crippen LogP contribution in [0.25, 0.3) is 0 Å².